The van der Waals surface area contributed by atoms with Gasteiger partial charge < -0.3 is 10.2 Å². The van der Waals surface area contributed by atoms with Crippen LogP contribution in [0.3, 0.4) is 0 Å². The van der Waals surface area contributed by atoms with Crippen molar-refractivity contribution >= 4 is 5.91 Å². The summed E-state index contributed by atoms with van der Waals surface area (Å²) in [7, 11) is 0. The van der Waals surface area contributed by atoms with Crippen molar-refractivity contribution in [2.24, 2.45) is 5.92 Å². The summed E-state index contributed by atoms with van der Waals surface area (Å²) in [6, 6.07) is 0.785. The van der Waals surface area contributed by atoms with Crippen molar-refractivity contribution in [3.63, 3.8) is 0 Å². The van der Waals surface area contributed by atoms with Crippen molar-refractivity contribution in [2.45, 2.75) is 58.5 Å². The third-order valence-electron chi connectivity index (χ3n) is 4.77. The summed E-state index contributed by atoms with van der Waals surface area (Å²) in [6.07, 6.45) is 5.19. The lowest BCUT2D eigenvalue weighted by Crippen LogP contribution is -2.51. The minimum atomic E-state index is 0.0216. The Hall–Kier alpha value is -0.610. The number of nitrogens with zero attached hydrogens (tertiary/aromatic N) is 2. The Balaban J connectivity index is 1.73. The molecular weight excluding hydrogens is 250 g/mol. The molecule has 116 valence electrons. The van der Waals surface area contributed by atoms with Gasteiger partial charge >= 0.3 is 0 Å². The molecule has 1 N–H and O–H groups in total. The second-order valence-electron chi connectivity index (χ2n) is 6.83. The van der Waals surface area contributed by atoms with Crippen molar-refractivity contribution in [1.29, 1.82) is 0 Å². The van der Waals surface area contributed by atoms with E-state index in [1.54, 1.807) is 0 Å². The van der Waals surface area contributed by atoms with Gasteiger partial charge in [-0.15, -0.1) is 0 Å². The predicted molar refractivity (Wildman–Crippen MR) is 82.7 cm³/mol. The summed E-state index contributed by atoms with van der Waals surface area (Å²) >= 11 is 0. The fraction of sp³-hybridized carbons (Fsp3) is 0.938. The van der Waals surface area contributed by atoms with Crippen molar-refractivity contribution in [3.8, 4) is 0 Å². The van der Waals surface area contributed by atoms with Crippen molar-refractivity contribution in [3.05, 3.63) is 0 Å². The lowest BCUT2D eigenvalue weighted by molar-refractivity contribution is -0.126. The summed E-state index contributed by atoms with van der Waals surface area (Å²) < 4.78 is 0. The third kappa shape index (κ3) is 4.19. The molecule has 20 heavy (non-hydrogen) atoms. The van der Waals surface area contributed by atoms with Crippen LogP contribution in [0.15, 0.2) is 0 Å². The molecule has 1 atom stereocenters. The molecule has 4 heteroatoms. The molecule has 0 aromatic rings. The number of carbonyl (C=O) groups is 1. The summed E-state index contributed by atoms with van der Waals surface area (Å²) in [4.78, 5) is 17.1. The van der Waals surface area contributed by atoms with E-state index in [0.717, 1.165) is 25.7 Å². The number of amides is 1. The van der Waals surface area contributed by atoms with E-state index in [1.165, 1.54) is 38.8 Å². The van der Waals surface area contributed by atoms with Crippen LogP contribution in [0.5, 0.6) is 0 Å². The van der Waals surface area contributed by atoms with Gasteiger partial charge in [-0.1, -0.05) is 13.8 Å². The van der Waals surface area contributed by atoms with E-state index in [-0.39, 0.29) is 11.9 Å². The van der Waals surface area contributed by atoms with Gasteiger partial charge in [-0.25, -0.2) is 0 Å². The number of nitrogens with one attached hydrogen (secondary N) is 1. The zero-order valence-electron chi connectivity index (χ0n) is 13.4. The molecule has 4 nitrogen and oxygen atoms in total. The zero-order valence-corrected chi connectivity index (χ0v) is 13.4. The maximum absolute atomic E-state index is 12.1. The Labute approximate surface area is 123 Å². The normalized spacial score (nSPS) is 24.2. The van der Waals surface area contributed by atoms with Crippen LogP contribution >= 0.6 is 0 Å². The molecule has 0 aromatic carbocycles. The molecule has 2 saturated heterocycles. The average molecular weight is 281 g/mol. The van der Waals surface area contributed by atoms with E-state index in [9.17, 15) is 4.79 Å². The highest BCUT2D eigenvalue weighted by Gasteiger charge is 2.30. The molecule has 2 rings (SSSR count). The summed E-state index contributed by atoms with van der Waals surface area (Å²) in [5.41, 5.74) is 0. The van der Waals surface area contributed by atoms with Gasteiger partial charge in [-0.3, -0.25) is 9.69 Å². The Morgan fingerprint density at radius 1 is 1.10 bits per heavy atom. The fourth-order valence-corrected chi connectivity index (χ4v) is 3.36. The van der Waals surface area contributed by atoms with Crippen molar-refractivity contribution in [2.75, 3.05) is 32.7 Å². The topological polar surface area (TPSA) is 35.6 Å². The molecule has 0 spiro atoms. The third-order valence-corrected chi connectivity index (χ3v) is 4.77. The highest BCUT2D eigenvalue weighted by molar-refractivity contribution is 5.81. The van der Waals surface area contributed by atoms with E-state index < -0.39 is 0 Å². The second kappa shape index (κ2) is 7.41. The zero-order chi connectivity index (χ0) is 14.5. The maximum Gasteiger partial charge on any atom is 0.237 e. The van der Waals surface area contributed by atoms with Crippen molar-refractivity contribution < 1.29 is 4.79 Å². The number of hydrogen-bond acceptors (Lipinski definition) is 3. The number of carbonyl (C=O) groups excluding carboxylic acids is 1. The first-order valence-corrected chi connectivity index (χ1v) is 8.33. The van der Waals surface area contributed by atoms with E-state index in [0.29, 0.717) is 5.92 Å². The van der Waals surface area contributed by atoms with Crippen LogP contribution in [-0.4, -0.2) is 60.5 Å². The van der Waals surface area contributed by atoms with Crippen LogP contribution in [-0.2, 0) is 4.79 Å². The first kappa shape index (κ1) is 15.8. The molecule has 2 fully saturated rings. The Morgan fingerprint density at radius 2 is 1.70 bits per heavy atom. The molecule has 0 saturated carbocycles. The molecule has 1 unspecified atom stereocenters. The van der Waals surface area contributed by atoms with E-state index in [1.807, 2.05) is 6.92 Å². The average Bonchev–Trinajstić information content (AvgIpc) is 2.98. The SMILES string of the molecule is CC(C)CNC(=O)C(C)N1CCC(N2CCCC2)CC1. The van der Waals surface area contributed by atoms with Gasteiger partial charge in [0.25, 0.3) is 0 Å². The summed E-state index contributed by atoms with van der Waals surface area (Å²) in [5.74, 6) is 0.713. The van der Waals surface area contributed by atoms with E-state index >= 15 is 0 Å². The molecule has 2 heterocycles. The van der Waals surface area contributed by atoms with Crippen molar-refractivity contribution in [1.82, 2.24) is 15.1 Å². The van der Waals surface area contributed by atoms with Gasteiger partial charge in [0.05, 0.1) is 6.04 Å². The van der Waals surface area contributed by atoms with Crippen LogP contribution in [0.4, 0.5) is 0 Å². The molecule has 1 amide bonds. The van der Waals surface area contributed by atoms with E-state index in [2.05, 4.69) is 29.0 Å². The lowest BCUT2D eigenvalue weighted by atomic mass is 10.0. The highest BCUT2D eigenvalue weighted by Crippen LogP contribution is 2.22. The molecule has 2 aliphatic heterocycles. The van der Waals surface area contributed by atoms with Crippen LogP contribution in [0, 0.1) is 5.92 Å². The standard InChI is InChI=1S/C16H31N3O/c1-13(2)12-17-16(20)14(3)18-10-6-15(7-11-18)19-8-4-5-9-19/h13-15H,4-12H2,1-3H3,(H,17,20). The smallest absolute Gasteiger partial charge is 0.237 e. The Morgan fingerprint density at radius 3 is 2.25 bits per heavy atom. The second-order valence-corrected chi connectivity index (χ2v) is 6.83. The minimum Gasteiger partial charge on any atom is -0.354 e. The molecule has 2 aliphatic rings. The largest absolute Gasteiger partial charge is 0.354 e. The van der Waals surface area contributed by atoms with Gasteiger partial charge in [0.2, 0.25) is 5.91 Å². The van der Waals surface area contributed by atoms with Gasteiger partial charge in [0, 0.05) is 25.7 Å². The van der Waals surface area contributed by atoms with Gasteiger partial charge in [-0.05, 0) is 51.6 Å². The van der Waals surface area contributed by atoms with Crippen LogP contribution in [0.1, 0.15) is 46.5 Å². The van der Waals surface area contributed by atoms with Gasteiger partial charge in [-0.2, -0.15) is 0 Å². The molecule has 0 aliphatic carbocycles. The molecular formula is C16H31N3O. The highest BCUT2D eigenvalue weighted by atomic mass is 16.2. The van der Waals surface area contributed by atoms with Crippen LogP contribution in [0.2, 0.25) is 0 Å². The number of likely N-dealkylation sites (tertiary alicyclic amines) is 2. The lowest BCUT2D eigenvalue weighted by Gasteiger charge is -2.38. The Bertz CT molecular complexity index is 305. The van der Waals surface area contributed by atoms with Crippen LogP contribution < -0.4 is 5.32 Å². The quantitative estimate of drug-likeness (QED) is 0.833. The molecule has 0 bridgehead atoms. The van der Waals surface area contributed by atoms with Gasteiger partial charge in [0.1, 0.15) is 0 Å². The van der Waals surface area contributed by atoms with Crippen LogP contribution in [0.25, 0.3) is 0 Å². The number of hydrogen-bond donors (Lipinski definition) is 1. The number of piperidine rings is 1. The number of rotatable bonds is 5. The molecule has 0 radical (unpaired) electrons. The predicted octanol–water partition coefficient (Wildman–Crippen LogP) is 1.71. The fourth-order valence-electron chi connectivity index (χ4n) is 3.36. The summed E-state index contributed by atoms with van der Waals surface area (Å²) in [6.45, 7) is 11.8. The minimum absolute atomic E-state index is 0.0216. The maximum atomic E-state index is 12.1. The Kier molecular flexibility index (Phi) is 5.85. The monoisotopic (exact) mass is 281 g/mol. The first-order chi connectivity index (χ1) is 9.58. The first-order valence-electron chi connectivity index (χ1n) is 8.33. The molecule has 0 aromatic heterocycles. The summed E-state index contributed by atoms with van der Waals surface area (Å²) in [5, 5.41) is 3.05. The van der Waals surface area contributed by atoms with E-state index in [4.69, 9.17) is 0 Å². The van der Waals surface area contributed by atoms with Gasteiger partial charge in [0.15, 0.2) is 0 Å².